The summed E-state index contributed by atoms with van der Waals surface area (Å²) in [6, 6.07) is 12.4. The number of methoxy groups -OCH3 is 1. The second-order valence-corrected chi connectivity index (χ2v) is 5.70. The number of carbonyl (C=O) groups excluding carboxylic acids is 2. The van der Waals surface area contributed by atoms with E-state index in [2.05, 4.69) is 10.6 Å². The molecule has 6 heteroatoms. The van der Waals surface area contributed by atoms with Crippen molar-refractivity contribution in [1.29, 1.82) is 0 Å². The van der Waals surface area contributed by atoms with Crippen molar-refractivity contribution < 1.29 is 19.1 Å². The second kappa shape index (κ2) is 10.0. The van der Waals surface area contributed by atoms with Crippen LogP contribution in [-0.2, 0) is 4.79 Å². The lowest BCUT2D eigenvalue weighted by molar-refractivity contribution is -0.111. The number of carbonyl (C=O) groups is 2. The highest BCUT2D eigenvalue weighted by Gasteiger charge is 2.10. The maximum atomic E-state index is 12.3. The van der Waals surface area contributed by atoms with Crippen molar-refractivity contribution in [3.63, 3.8) is 0 Å². The first-order valence-corrected chi connectivity index (χ1v) is 8.70. The molecule has 2 amide bonds. The predicted octanol–water partition coefficient (Wildman–Crippen LogP) is 3.50. The van der Waals surface area contributed by atoms with Crippen LogP contribution >= 0.6 is 0 Å². The van der Waals surface area contributed by atoms with Crippen LogP contribution in [0.2, 0.25) is 0 Å². The summed E-state index contributed by atoms with van der Waals surface area (Å²) in [5.74, 6) is 0.599. The first kappa shape index (κ1) is 20.0. The van der Waals surface area contributed by atoms with Crippen molar-refractivity contribution in [3.05, 3.63) is 59.7 Å². The van der Waals surface area contributed by atoms with Crippen LogP contribution in [0.4, 0.5) is 5.69 Å². The SMILES string of the molecule is CCCOc1ccccc1/C=C/C(=O)Nc1ccc(C(=O)NC)cc1OC. The van der Waals surface area contributed by atoms with Crippen molar-refractivity contribution in [1.82, 2.24) is 5.32 Å². The van der Waals surface area contributed by atoms with Gasteiger partial charge in [0.05, 0.1) is 19.4 Å². The molecule has 0 heterocycles. The third-order valence-electron chi connectivity index (χ3n) is 3.74. The third-order valence-corrected chi connectivity index (χ3v) is 3.74. The zero-order valence-corrected chi connectivity index (χ0v) is 15.7. The molecule has 0 fully saturated rings. The van der Waals surface area contributed by atoms with E-state index >= 15 is 0 Å². The summed E-state index contributed by atoms with van der Waals surface area (Å²) < 4.78 is 10.9. The number of para-hydroxylation sites is 1. The van der Waals surface area contributed by atoms with Gasteiger partial charge in [-0.3, -0.25) is 9.59 Å². The van der Waals surface area contributed by atoms with Gasteiger partial charge in [0, 0.05) is 24.3 Å². The van der Waals surface area contributed by atoms with Crippen LogP contribution in [0.15, 0.2) is 48.5 Å². The van der Waals surface area contributed by atoms with Gasteiger partial charge in [-0.05, 0) is 36.8 Å². The van der Waals surface area contributed by atoms with E-state index in [0.29, 0.717) is 23.6 Å². The minimum Gasteiger partial charge on any atom is -0.495 e. The number of hydrogen-bond donors (Lipinski definition) is 2. The first-order chi connectivity index (χ1) is 13.1. The molecule has 0 saturated heterocycles. The lowest BCUT2D eigenvalue weighted by Gasteiger charge is -2.11. The molecule has 142 valence electrons. The van der Waals surface area contributed by atoms with Crippen LogP contribution in [0.25, 0.3) is 6.08 Å². The van der Waals surface area contributed by atoms with Crippen LogP contribution in [-0.4, -0.2) is 32.6 Å². The molecule has 0 unspecified atom stereocenters. The van der Waals surface area contributed by atoms with Gasteiger partial charge >= 0.3 is 0 Å². The number of benzene rings is 2. The Balaban J connectivity index is 2.12. The van der Waals surface area contributed by atoms with Crippen molar-refractivity contribution in [2.24, 2.45) is 0 Å². The number of hydrogen-bond acceptors (Lipinski definition) is 4. The highest BCUT2D eigenvalue weighted by molar-refractivity contribution is 6.03. The zero-order valence-electron chi connectivity index (χ0n) is 15.7. The van der Waals surface area contributed by atoms with Crippen molar-refractivity contribution in [2.45, 2.75) is 13.3 Å². The van der Waals surface area contributed by atoms with Gasteiger partial charge < -0.3 is 20.1 Å². The predicted molar refractivity (Wildman–Crippen MR) is 106 cm³/mol. The Morgan fingerprint density at radius 2 is 1.89 bits per heavy atom. The van der Waals surface area contributed by atoms with Gasteiger partial charge in [-0.15, -0.1) is 0 Å². The molecule has 0 aliphatic heterocycles. The van der Waals surface area contributed by atoms with Gasteiger partial charge in [0.25, 0.3) is 5.91 Å². The van der Waals surface area contributed by atoms with Gasteiger partial charge in [-0.25, -0.2) is 0 Å². The molecule has 2 aromatic rings. The minimum absolute atomic E-state index is 0.227. The summed E-state index contributed by atoms with van der Waals surface area (Å²) in [7, 11) is 3.03. The largest absolute Gasteiger partial charge is 0.495 e. The fraction of sp³-hybridized carbons (Fsp3) is 0.238. The average molecular weight is 368 g/mol. The molecule has 0 aromatic heterocycles. The minimum atomic E-state index is -0.314. The first-order valence-electron chi connectivity index (χ1n) is 8.70. The molecule has 27 heavy (non-hydrogen) atoms. The number of amides is 2. The molecule has 0 radical (unpaired) electrons. The summed E-state index contributed by atoms with van der Waals surface area (Å²) in [6.07, 6.45) is 4.04. The molecule has 0 spiro atoms. The van der Waals surface area contributed by atoms with E-state index in [1.54, 1.807) is 31.3 Å². The monoisotopic (exact) mass is 368 g/mol. The van der Waals surface area contributed by atoms with Crippen molar-refractivity contribution >= 4 is 23.6 Å². The molecule has 0 bridgehead atoms. The molecular formula is C21H24N2O4. The van der Waals surface area contributed by atoms with Crippen LogP contribution < -0.4 is 20.1 Å². The van der Waals surface area contributed by atoms with Crippen molar-refractivity contribution in [2.75, 3.05) is 26.1 Å². The van der Waals surface area contributed by atoms with Crippen LogP contribution in [0.5, 0.6) is 11.5 Å². The van der Waals surface area contributed by atoms with E-state index in [0.717, 1.165) is 17.7 Å². The zero-order chi connectivity index (χ0) is 19.6. The van der Waals surface area contributed by atoms with Crippen molar-refractivity contribution in [3.8, 4) is 11.5 Å². The third kappa shape index (κ3) is 5.60. The smallest absolute Gasteiger partial charge is 0.251 e. The molecule has 6 nitrogen and oxygen atoms in total. The Bertz CT molecular complexity index is 831. The molecule has 0 aliphatic rings. The lowest BCUT2D eigenvalue weighted by Crippen LogP contribution is -2.18. The molecular weight excluding hydrogens is 344 g/mol. The number of ether oxygens (including phenoxy) is 2. The maximum Gasteiger partial charge on any atom is 0.251 e. The number of anilines is 1. The summed E-state index contributed by atoms with van der Waals surface area (Å²) in [6.45, 7) is 2.65. The highest BCUT2D eigenvalue weighted by atomic mass is 16.5. The summed E-state index contributed by atoms with van der Waals surface area (Å²) in [5, 5.41) is 5.30. The van der Waals surface area contributed by atoms with Gasteiger partial charge in [-0.1, -0.05) is 25.1 Å². The molecule has 2 aromatic carbocycles. The molecule has 2 rings (SSSR count). The van der Waals surface area contributed by atoms with Gasteiger partial charge in [0.1, 0.15) is 11.5 Å². The van der Waals surface area contributed by atoms with Gasteiger partial charge in [0.15, 0.2) is 0 Å². The fourth-order valence-corrected chi connectivity index (χ4v) is 2.38. The molecule has 0 atom stereocenters. The van der Waals surface area contributed by atoms with E-state index < -0.39 is 0 Å². The second-order valence-electron chi connectivity index (χ2n) is 5.70. The Labute approximate surface area is 159 Å². The number of nitrogens with one attached hydrogen (secondary N) is 2. The standard InChI is InChI=1S/C21H24N2O4/c1-4-13-27-18-8-6-5-7-15(18)10-12-20(24)23-17-11-9-16(21(25)22-2)14-19(17)26-3/h5-12,14H,4,13H2,1-3H3,(H,22,25)(H,23,24)/b12-10+. The summed E-state index contributed by atoms with van der Waals surface area (Å²) in [5.41, 5.74) is 1.75. The Hall–Kier alpha value is -3.28. The van der Waals surface area contributed by atoms with Gasteiger partial charge in [-0.2, -0.15) is 0 Å². The topological polar surface area (TPSA) is 76.7 Å². The van der Waals surface area contributed by atoms with Gasteiger partial charge in [0.2, 0.25) is 5.91 Å². The Morgan fingerprint density at radius 1 is 1.11 bits per heavy atom. The Kier molecular flexibility index (Phi) is 7.43. The Morgan fingerprint density at radius 3 is 2.59 bits per heavy atom. The van der Waals surface area contributed by atoms with Crippen LogP contribution in [0.3, 0.4) is 0 Å². The quantitative estimate of drug-likeness (QED) is 0.699. The van der Waals surface area contributed by atoms with E-state index in [1.165, 1.54) is 13.2 Å². The molecule has 2 N–H and O–H groups in total. The number of rotatable bonds is 8. The van der Waals surface area contributed by atoms with E-state index in [1.807, 2.05) is 31.2 Å². The van der Waals surface area contributed by atoms with E-state index in [-0.39, 0.29) is 11.8 Å². The molecule has 0 aliphatic carbocycles. The normalized spacial score (nSPS) is 10.5. The van der Waals surface area contributed by atoms with E-state index in [4.69, 9.17) is 9.47 Å². The summed E-state index contributed by atoms with van der Waals surface area (Å²) in [4.78, 5) is 24.0. The summed E-state index contributed by atoms with van der Waals surface area (Å²) >= 11 is 0. The maximum absolute atomic E-state index is 12.3. The average Bonchev–Trinajstić information content (AvgIpc) is 2.70. The fourth-order valence-electron chi connectivity index (χ4n) is 2.38. The van der Waals surface area contributed by atoms with Crippen LogP contribution in [0.1, 0.15) is 29.3 Å². The highest BCUT2D eigenvalue weighted by Crippen LogP contribution is 2.26. The lowest BCUT2D eigenvalue weighted by atomic mass is 10.1. The van der Waals surface area contributed by atoms with E-state index in [9.17, 15) is 9.59 Å². The van der Waals surface area contributed by atoms with Crippen LogP contribution in [0, 0.1) is 0 Å². The molecule has 0 saturated carbocycles.